The molecule has 152 valence electrons. The van der Waals surface area contributed by atoms with Gasteiger partial charge in [0.2, 0.25) is 0 Å². The second-order valence-corrected chi connectivity index (χ2v) is 9.10. The Morgan fingerprint density at radius 1 is 0.645 bits per heavy atom. The fraction of sp³-hybridized carbons (Fsp3) is 0.214. The van der Waals surface area contributed by atoms with Gasteiger partial charge >= 0.3 is 0 Å². The van der Waals surface area contributed by atoms with E-state index in [-0.39, 0.29) is 5.41 Å². The Morgan fingerprint density at radius 2 is 1.39 bits per heavy atom. The van der Waals surface area contributed by atoms with Crippen LogP contribution in [0.2, 0.25) is 5.15 Å². The van der Waals surface area contributed by atoms with Gasteiger partial charge in [0.25, 0.3) is 0 Å². The first-order valence-electron chi connectivity index (χ1n) is 11.1. The first kappa shape index (κ1) is 18.8. The second-order valence-electron chi connectivity index (χ2n) is 8.71. The van der Waals surface area contributed by atoms with Crippen LogP contribution in [0.15, 0.2) is 78.9 Å². The molecule has 0 saturated heterocycles. The minimum Gasteiger partial charge on any atom is -0.228 e. The van der Waals surface area contributed by atoms with Gasteiger partial charge in [0.15, 0.2) is 5.82 Å². The number of aromatic nitrogens is 2. The highest BCUT2D eigenvalue weighted by Gasteiger charge is 2.43. The third-order valence-electron chi connectivity index (χ3n) is 7.00. The largest absolute Gasteiger partial charge is 0.228 e. The molecule has 0 atom stereocenters. The average Bonchev–Trinajstić information content (AvgIpc) is 3.09. The fourth-order valence-corrected chi connectivity index (χ4v) is 5.77. The molecule has 31 heavy (non-hydrogen) atoms. The summed E-state index contributed by atoms with van der Waals surface area (Å²) in [6.07, 6.45) is 6.35. The number of hydrogen-bond acceptors (Lipinski definition) is 2. The van der Waals surface area contributed by atoms with Crippen LogP contribution in [-0.4, -0.2) is 9.97 Å². The quantitative estimate of drug-likeness (QED) is 0.309. The number of benzene rings is 3. The van der Waals surface area contributed by atoms with Crippen molar-refractivity contribution in [2.24, 2.45) is 0 Å². The van der Waals surface area contributed by atoms with Gasteiger partial charge in [-0.3, -0.25) is 0 Å². The van der Waals surface area contributed by atoms with Crippen molar-refractivity contribution in [3.8, 4) is 33.8 Å². The summed E-state index contributed by atoms with van der Waals surface area (Å²) >= 11 is 6.43. The van der Waals surface area contributed by atoms with Crippen molar-refractivity contribution >= 4 is 11.6 Å². The third-order valence-corrected chi connectivity index (χ3v) is 7.19. The van der Waals surface area contributed by atoms with Crippen molar-refractivity contribution in [2.75, 3.05) is 0 Å². The predicted molar refractivity (Wildman–Crippen MR) is 127 cm³/mol. The highest BCUT2D eigenvalue weighted by atomic mass is 35.5. The van der Waals surface area contributed by atoms with Gasteiger partial charge in [0.1, 0.15) is 5.15 Å². The van der Waals surface area contributed by atoms with Crippen LogP contribution in [0.5, 0.6) is 0 Å². The summed E-state index contributed by atoms with van der Waals surface area (Å²) in [6.45, 7) is 0. The Kier molecular flexibility index (Phi) is 4.43. The van der Waals surface area contributed by atoms with E-state index >= 15 is 0 Å². The maximum absolute atomic E-state index is 6.43. The van der Waals surface area contributed by atoms with Crippen molar-refractivity contribution < 1.29 is 0 Å². The zero-order chi connectivity index (χ0) is 20.8. The molecular formula is C28H23ClN2. The lowest BCUT2D eigenvalue weighted by Crippen LogP contribution is -2.28. The standard InChI is InChI=1S/C28H23ClN2/c29-26-18-25(30-27(31-26)19-9-3-1-4-10-19)20-13-14-22-21-11-5-6-12-23(21)28(24(22)17-20)15-7-2-8-16-28/h1,3-6,9-14,17-18H,2,7-8,15-16H2. The van der Waals surface area contributed by atoms with E-state index in [0.29, 0.717) is 11.0 Å². The van der Waals surface area contributed by atoms with E-state index in [4.69, 9.17) is 16.6 Å². The number of rotatable bonds is 2. The average molecular weight is 423 g/mol. The van der Waals surface area contributed by atoms with Crippen LogP contribution in [-0.2, 0) is 5.41 Å². The zero-order valence-corrected chi connectivity index (χ0v) is 18.1. The molecule has 3 heteroatoms. The highest BCUT2D eigenvalue weighted by molar-refractivity contribution is 6.29. The topological polar surface area (TPSA) is 25.8 Å². The molecule has 1 fully saturated rings. The number of fused-ring (bicyclic) bond motifs is 5. The van der Waals surface area contributed by atoms with Gasteiger partial charge in [-0.1, -0.05) is 97.6 Å². The van der Waals surface area contributed by atoms with E-state index in [1.807, 2.05) is 36.4 Å². The molecule has 6 rings (SSSR count). The summed E-state index contributed by atoms with van der Waals surface area (Å²) in [7, 11) is 0. The minimum absolute atomic E-state index is 0.138. The van der Waals surface area contributed by atoms with Crippen LogP contribution in [0.1, 0.15) is 43.2 Å². The number of nitrogens with zero attached hydrogens (tertiary/aromatic N) is 2. The van der Waals surface area contributed by atoms with Gasteiger partial charge in [0.05, 0.1) is 5.69 Å². The van der Waals surface area contributed by atoms with E-state index in [9.17, 15) is 0 Å². The van der Waals surface area contributed by atoms with Gasteiger partial charge in [0, 0.05) is 22.6 Å². The summed E-state index contributed by atoms with van der Waals surface area (Å²) in [5.41, 5.74) is 8.85. The lowest BCUT2D eigenvalue weighted by molar-refractivity contribution is 0.353. The normalized spacial score (nSPS) is 16.2. The predicted octanol–water partition coefficient (Wildman–Crippen LogP) is 7.69. The molecule has 0 N–H and O–H groups in total. The Hall–Kier alpha value is -2.97. The number of halogens is 1. The maximum atomic E-state index is 6.43. The zero-order valence-electron chi connectivity index (χ0n) is 17.3. The molecule has 2 nitrogen and oxygen atoms in total. The Labute approximate surface area is 188 Å². The van der Waals surface area contributed by atoms with E-state index in [2.05, 4.69) is 47.4 Å². The monoisotopic (exact) mass is 422 g/mol. The molecule has 1 saturated carbocycles. The van der Waals surface area contributed by atoms with Crippen molar-refractivity contribution in [1.82, 2.24) is 9.97 Å². The van der Waals surface area contributed by atoms with Gasteiger partial charge < -0.3 is 0 Å². The van der Waals surface area contributed by atoms with Crippen LogP contribution >= 0.6 is 11.6 Å². The highest BCUT2D eigenvalue weighted by Crippen LogP contribution is 2.56. The van der Waals surface area contributed by atoms with Crippen LogP contribution in [0, 0.1) is 0 Å². The molecule has 4 aromatic rings. The molecule has 3 aromatic carbocycles. The molecule has 0 bridgehead atoms. The second kappa shape index (κ2) is 7.32. The first-order chi connectivity index (χ1) is 15.2. The molecule has 0 aliphatic heterocycles. The maximum Gasteiger partial charge on any atom is 0.161 e. The van der Waals surface area contributed by atoms with Gasteiger partial charge in [-0.25, -0.2) is 9.97 Å². The van der Waals surface area contributed by atoms with Crippen molar-refractivity contribution in [3.63, 3.8) is 0 Å². The molecule has 1 aromatic heterocycles. The van der Waals surface area contributed by atoms with Crippen LogP contribution in [0.3, 0.4) is 0 Å². The van der Waals surface area contributed by atoms with Crippen LogP contribution < -0.4 is 0 Å². The molecule has 1 heterocycles. The first-order valence-corrected chi connectivity index (χ1v) is 11.5. The number of hydrogen-bond donors (Lipinski definition) is 0. The molecule has 2 aliphatic carbocycles. The third kappa shape index (κ3) is 3.01. The Bertz CT molecular complexity index is 1270. The minimum atomic E-state index is 0.138. The van der Waals surface area contributed by atoms with E-state index in [1.165, 1.54) is 54.4 Å². The summed E-state index contributed by atoms with van der Waals surface area (Å²) in [6, 6.07) is 27.7. The Balaban J connectivity index is 1.51. The molecule has 0 radical (unpaired) electrons. The van der Waals surface area contributed by atoms with E-state index in [0.717, 1.165) is 16.8 Å². The van der Waals surface area contributed by atoms with Crippen molar-refractivity contribution in [2.45, 2.75) is 37.5 Å². The molecule has 0 amide bonds. The van der Waals surface area contributed by atoms with Crippen molar-refractivity contribution in [3.05, 3.63) is 95.1 Å². The SMILES string of the molecule is Clc1cc(-c2ccc3c(c2)C2(CCCCC2)c2ccccc2-3)nc(-c2ccccc2)n1. The molecule has 0 unspecified atom stereocenters. The fourth-order valence-electron chi connectivity index (χ4n) is 5.59. The van der Waals surface area contributed by atoms with Gasteiger partial charge in [-0.15, -0.1) is 0 Å². The summed E-state index contributed by atoms with van der Waals surface area (Å²) in [4.78, 5) is 9.36. The summed E-state index contributed by atoms with van der Waals surface area (Å²) < 4.78 is 0. The van der Waals surface area contributed by atoms with E-state index in [1.54, 1.807) is 0 Å². The van der Waals surface area contributed by atoms with E-state index < -0.39 is 0 Å². The molecular weight excluding hydrogens is 400 g/mol. The van der Waals surface area contributed by atoms with Crippen LogP contribution in [0.25, 0.3) is 33.8 Å². The molecule has 2 aliphatic rings. The Morgan fingerprint density at radius 3 is 2.23 bits per heavy atom. The van der Waals surface area contributed by atoms with Gasteiger partial charge in [-0.2, -0.15) is 0 Å². The van der Waals surface area contributed by atoms with Crippen LogP contribution in [0.4, 0.5) is 0 Å². The van der Waals surface area contributed by atoms with Gasteiger partial charge in [-0.05, 0) is 41.2 Å². The molecule has 1 spiro atoms. The summed E-state index contributed by atoms with van der Waals surface area (Å²) in [5, 5.41) is 0.472. The van der Waals surface area contributed by atoms with Crippen molar-refractivity contribution in [1.29, 1.82) is 0 Å². The summed E-state index contributed by atoms with van der Waals surface area (Å²) in [5.74, 6) is 0.666. The smallest absolute Gasteiger partial charge is 0.161 e. The lowest BCUT2D eigenvalue weighted by Gasteiger charge is -2.36. The lowest BCUT2D eigenvalue weighted by atomic mass is 9.67.